The molecule has 7 rings (SSSR count). The first kappa shape index (κ1) is 25.9. The normalized spacial score (nSPS) is 12.1. The number of pyridine rings is 2. The average molecular weight is 555 g/mol. The lowest BCUT2D eigenvalue weighted by molar-refractivity contribution is 0.156. The number of rotatable bonds is 8. The predicted octanol–water partition coefficient (Wildman–Crippen LogP) is 5.43. The zero-order valence-electron chi connectivity index (χ0n) is 23.4. The highest BCUT2D eigenvalue weighted by Gasteiger charge is 2.18. The molecule has 5 aromatic heterocycles. The first-order valence-corrected chi connectivity index (χ1v) is 13.9. The van der Waals surface area contributed by atoms with E-state index >= 15 is 0 Å². The maximum Gasteiger partial charge on any atom is 0.189 e. The molecule has 0 saturated carbocycles. The molecule has 9 heteroatoms. The molecule has 0 spiro atoms. The lowest BCUT2D eigenvalue weighted by atomic mass is 9.95. The van der Waals surface area contributed by atoms with Crippen LogP contribution in [0.4, 0.5) is 0 Å². The molecule has 0 aliphatic heterocycles. The van der Waals surface area contributed by atoms with Crippen LogP contribution in [0.2, 0.25) is 0 Å². The van der Waals surface area contributed by atoms with Gasteiger partial charge in [-0.25, -0.2) is 14.5 Å². The third-order valence-electron chi connectivity index (χ3n) is 7.51. The van der Waals surface area contributed by atoms with E-state index in [0.717, 1.165) is 57.7 Å². The van der Waals surface area contributed by atoms with Gasteiger partial charge in [0.2, 0.25) is 0 Å². The van der Waals surface area contributed by atoms with Crippen molar-refractivity contribution in [2.45, 2.75) is 20.4 Å². The number of nitrogens with one attached hydrogen (secondary N) is 1. The van der Waals surface area contributed by atoms with Crippen molar-refractivity contribution in [3.8, 4) is 33.9 Å². The van der Waals surface area contributed by atoms with Gasteiger partial charge in [-0.15, -0.1) is 10.2 Å². The van der Waals surface area contributed by atoms with Crippen LogP contribution in [0, 0.1) is 5.41 Å². The molecule has 0 aliphatic carbocycles. The van der Waals surface area contributed by atoms with E-state index in [-0.39, 0.29) is 12.0 Å². The van der Waals surface area contributed by atoms with Gasteiger partial charge in [-0.05, 0) is 29.3 Å². The molecule has 0 bridgehead atoms. The van der Waals surface area contributed by atoms with Gasteiger partial charge >= 0.3 is 0 Å². The second-order valence-electron chi connectivity index (χ2n) is 11.3. The van der Waals surface area contributed by atoms with Crippen LogP contribution in [0.3, 0.4) is 0 Å². The van der Waals surface area contributed by atoms with E-state index in [9.17, 15) is 5.11 Å². The molecule has 0 aliphatic rings. The fourth-order valence-electron chi connectivity index (χ4n) is 5.15. The van der Waals surface area contributed by atoms with Crippen LogP contribution < -0.4 is 5.32 Å². The maximum atomic E-state index is 9.53. The minimum absolute atomic E-state index is 0.148. The van der Waals surface area contributed by atoms with Crippen molar-refractivity contribution in [2.24, 2.45) is 5.41 Å². The second kappa shape index (κ2) is 10.4. The first-order chi connectivity index (χ1) is 20.5. The Morgan fingerprint density at radius 2 is 1.71 bits per heavy atom. The minimum Gasteiger partial charge on any atom is -0.396 e. The van der Waals surface area contributed by atoms with Gasteiger partial charge in [0.15, 0.2) is 17.1 Å². The first-order valence-electron chi connectivity index (χ1n) is 13.9. The molecule has 7 aromatic rings. The van der Waals surface area contributed by atoms with Crippen LogP contribution in [0.25, 0.3) is 56.1 Å². The Kier molecular flexibility index (Phi) is 6.45. The van der Waals surface area contributed by atoms with Crippen molar-refractivity contribution < 1.29 is 5.11 Å². The summed E-state index contributed by atoms with van der Waals surface area (Å²) in [7, 11) is 0. The van der Waals surface area contributed by atoms with E-state index in [1.807, 2.05) is 67.0 Å². The van der Waals surface area contributed by atoms with Crippen molar-refractivity contribution in [1.29, 1.82) is 0 Å². The van der Waals surface area contributed by atoms with E-state index in [0.29, 0.717) is 11.5 Å². The highest BCUT2D eigenvalue weighted by molar-refractivity contribution is 5.98. The van der Waals surface area contributed by atoms with Crippen LogP contribution in [-0.4, -0.2) is 52.4 Å². The van der Waals surface area contributed by atoms with E-state index in [1.54, 1.807) is 10.7 Å². The molecule has 0 radical (unpaired) electrons. The summed E-state index contributed by atoms with van der Waals surface area (Å²) in [5, 5.41) is 27.6. The number of aromatic nitrogens is 7. The zero-order chi connectivity index (χ0) is 28.7. The quantitative estimate of drug-likeness (QED) is 0.258. The van der Waals surface area contributed by atoms with Gasteiger partial charge in [0.25, 0.3) is 0 Å². The van der Waals surface area contributed by atoms with Gasteiger partial charge in [-0.3, -0.25) is 4.40 Å². The third kappa shape index (κ3) is 4.78. The van der Waals surface area contributed by atoms with Crippen molar-refractivity contribution in [2.75, 3.05) is 13.2 Å². The van der Waals surface area contributed by atoms with E-state index in [2.05, 4.69) is 68.1 Å². The number of hydrogen-bond acceptors (Lipinski definition) is 7. The largest absolute Gasteiger partial charge is 0.396 e. The topological polar surface area (TPSA) is 106 Å². The molecule has 42 heavy (non-hydrogen) atoms. The summed E-state index contributed by atoms with van der Waals surface area (Å²) in [5.41, 5.74) is 8.07. The van der Waals surface area contributed by atoms with E-state index in [1.165, 1.54) is 5.56 Å². The minimum atomic E-state index is -0.153. The molecule has 2 aromatic carbocycles. The predicted molar refractivity (Wildman–Crippen MR) is 164 cm³/mol. The monoisotopic (exact) mass is 554 g/mol. The Morgan fingerprint density at radius 3 is 2.50 bits per heavy atom. The summed E-state index contributed by atoms with van der Waals surface area (Å²) in [6.07, 6.45) is 5.56. The fourth-order valence-corrected chi connectivity index (χ4v) is 5.15. The third-order valence-corrected chi connectivity index (χ3v) is 7.51. The van der Waals surface area contributed by atoms with Crippen molar-refractivity contribution in [3.63, 3.8) is 0 Å². The molecule has 0 atom stereocenters. The highest BCUT2D eigenvalue weighted by atomic mass is 16.3. The molecule has 5 heterocycles. The number of aliphatic hydroxyl groups is 1. The molecule has 0 amide bonds. The van der Waals surface area contributed by atoms with Crippen LogP contribution in [0.1, 0.15) is 19.4 Å². The Balaban J connectivity index is 1.30. The van der Waals surface area contributed by atoms with Crippen LogP contribution in [0.15, 0.2) is 97.5 Å². The Labute approximate surface area is 242 Å². The number of benzene rings is 2. The summed E-state index contributed by atoms with van der Waals surface area (Å²) in [5.74, 6) is 0.648. The van der Waals surface area contributed by atoms with Gasteiger partial charge in [0.05, 0.1) is 11.2 Å². The molecule has 0 unspecified atom stereocenters. The number of nitrogens with zero attached hydrogens (tertiary/aromatic N) is 7. The summed E-state index contributed by atoms with van der Waals surface area (Å²) < 4.78 is 3.69. The smallest absolute Gasteiger partial charge is 0.189 e. The molecule has 208 valence electrons. The second-order valence-corrected chi connectivity index (χ2v) is 11.3. The van der Waals surface area contributed by atoms with Crippen LogP contribution in [0.5, 0.6) is 0 Å². The van der Waals surface area contributed by atoms with Crippen molar-refractivity contribution >= 4 is 22.2 Å². The molecule has 9 nitrogen and oxygen atoms in total. The van der Waals surface area contributed by atoms with Crippen LogP contribution >= 0.6 is 0 Å². The molecule has 0 saturated heterocycles. The Hall–Kier alpha value is -4.99. The van der Waals surface area contributed by atoms with E-state index < -0.39 is 0 Å². The van der Waals surface area contributed by atoms with Crippen LogP contribution in [-0.2, 0) is 6.54 Å². The fraction of sp³-hybridized carbons (Fsp3) is 0.182. The lowest BCUT2D eigenvalue weighted by Crippen LogP contribution is -2.31. The van der Waals surface area contributed by atoms with Gasteiger partial charge in [-0.2, -0.15) is 5.10 Å². The standard InChI is InChI=1S/C33H30N8O/c1-33(2,21-42)20-34-19-22-9-11-24(12-10-22)30-25(23-7-4-3-5-8-23)17-26-27(36-30)13-16-40-31(26)37-38-32(40)28-18-29-35-14-6-15-41(29)39-28/h3-18,34,42H,19-21H2,1-2H3. The number of hydrogen-bond donors (Lipinski definition) is 2. The SMILES string of the molecule is CC(C)(CO)CNCc1ccc(-c2nc3ccn4c(-c5cc6ncccn6n5)nnc4c3cc2-c2ccccc2)cc1. The Morgan fingerprint density at radius 1 is 0.881 bits per heavy atom. The molecular formula is C33H30N8O. The zero-order valence-corrected chi connectivity index (χ0v) is 23.4. The summed E-state index contributed by atoms with van der Waals surface area (Å²) in [6, 6.07) is 26.7. The average Bonchev–Trinajstić information content (AvgIpc) is 3.66. The van der Waals surface area contributed by atoms with Crippen molar-refractivity contribution in [1.82, 2.24) is 39.5 Å². The molecule has 0 fully saturated rings. The van der Waals surface area contributed by atoms with Gasteiger partial charge in [0, 0.05) is 66.3 Å². The molecule has 2 N–H and O–H groups in total. The van der Waals surface area contributed by atoms with Crippen molar-refractivity contribution in [3.05, 3.63) is 103 Å². The lowest BCUT2D eigenvalue weighted by Gasteiger charge is -2.22. The summed E-state index contributed by atoms with van der Waals surface area (Å²) in [4.78, 5) is 9.55. The Bertz CT molecular complexity index is 1990. The van der Waals surface area contributed by atoms with Gasteiger partial charge in [0.1, 0.15) is 5.69 Å². The molecular weight excluding hydrogens is 524 g/mol. The number of aliphatic hydroxyl groups excluding tert-OH is 1. The number of fused-ring (bicyclic) bond motifs is 4. The van der Waals surface area contributed by atoms with Gasteiger partial charge < -0.3 is 10.4 Å². The summed E-state index contributed by atoms with van der Waals surface area (Å²) >= 11 is 0. The maximum absolute atomic E-state index is 9.53. The highest BCUT2D eigenvalue weighted by Crippen LogP contribution is 2.35. The van der Waals surface area contributed by atoms with E-state index in [4.69, 9.17) is 4.98 Å². The summed E-state index contributed by atoms with van der Waals surface area (Å²) in [6.45, 7) is 5.71. The van der Waals surface area contributed by atoms with Gasteiger partial charge in [-0.1, -0.05) is 68.4 Å².